The number of aryl methyl sites for hydroxylation is 2. The first-order valence-corrected chi connectivity index (χ1v) is 11.9. The molecule has 2 aromatic rings. The van der Waals surface area contributed by atoms with E-state index in [1.54, 1.807) is 31.2 Å². The molecule has 2 aliphatic carbocycles. The summed E-state index contributed by atoms with van der Waals surface area (Å²) < 4.78 is 57.6. The van der Waals surface area contributed by atoms with Crippen LogP contribution in [0.3, 0.4) is 0 Å². The molecule has 168 valence electrons. The third kappa shape index (κ3) is 4.83. The van der Waals surface area contributed by atoms with E-state index in [4.69, 9.17) is 0 Å². The normalized spacial score (nSPS) is 22.6. The van der Waals surface area contributed by atoms with Gasteiger partial charge in [-0.15, -0.1) is 0 Å². The molecule has 0 N–H and O–H groups in total. The quantitative estimate of drug-likeness (QED) is 0.415. The summed E-state index contributed by atoms with van der Waals surface area (Å²) in [4.78, 5) is 0. The van der Waals surface area contributed by atoms with Gasteiger partial charge in [0.1, 0.15) is 0 Å². The molecular formula is C27H32F4. The van der Waals surface area contributed by atoms with E-state index in [-0.39, 0.29) is 11.8 Å². The van der Waals surface area contributed by atoms with Crippen molar-refractivity contribution in [3.8, 4) is 0 Å². The molecular weight excluding hydrogens is 400 g/mol. The standard InChI is InChI=1S/C27H32F4/c1-17-7-15-22(26(30)24(17)28)20-11-8-18(9-12-20)10-13-21-14-16-23(27(31)25(21)29)19-5-3-2-4-6-19/h7,14-16,18-20H,2-6,8-13H2,1H3. The van der Waals surface area contributed by atoms with Gasteiger partial charge in [0.2, 0.25) is 0 Å². The first kappa shape index (κ1) is 22.4. The van der Waals surface area contributed by atoms with Crippen molar-refractivity contribution in [2.45, 2.75) is 89.4 Å². The Kier molecular flexibility index (Phi) is 7.03. The lowest BCUT2D eigenvalue weighted by Crippen LogP contribution is -2.16. The third-order valence-electron chi connectivity index (χ3n) is 7.65. The highest BCUT2D eigenvalue weighted by Crippen LogP contribution is 2.40. The van der Waals surface area contributed by atoms with E-state index in [0.29, 0.717) is 34.6 Å². The van der Waals surface area contributed by atoms with Crippen LogP contribution in [0.4, 0.5) is 17.6 Å². The molecule has 0 unspecified atom stereocenters. The lowest BCUT2D eigenvalue weighted by molar-refractivity contribution is 0.303. The van der Waals surface area contributed by atoms with Crippen molar-refractivity contribution >= 4 is 0 Å². The van der Waals surface area contributed by atoms with Crippen LogP contribution in [0.15, 0.2) is 24.3 Å². The Hall–Kier alpha value is -1.84. The molecule has 31 heavy (non-hydrogen) atoms. The van der Waals surface area contributed by atoms with Crippen molar-refractivity contribution in [3.05, 3.63) is 69.8 Å². The number of rotatable bonds is 5. The maximum absolute atomic E-state index is 14.7. The van der Waals surface area contributed by atoms with Gasteiger partial charge in [0, 0.05) is 0 Å². The Morgan fingerprint density at radius 1 is 0.645 bits per heavy atom. The average Bonchev–Trinajstić information content (AvgIpc) is 2.80. The van der Waals surface area contributed by atoms with E-state index in [9.17, 15) is 17.6 Å². The Balaban J connectivity index is 1.34. The summed E-state index contributed by atoms with van der Waals surface area (Å²) in [5, 5.41) is 0. The number of hydrogen-bond acceptors (Lipinski definition) is 0. The number of benzene rings is 2. The van der Waals surface area contributed by atoms with E-state index in [1.807, 2.05) is 0 Å². The molecule has 0 saturated heterocycles. The second-order valence-corrected chi connectivity index (χ2v) is 9.63. The van der Waals surface area contributed by atoms with Crippen LogP contribution in [-0.4, -0.2) is 0 Å². The summed E-state index contributed by atoms with van der Waals surface area (Å²) in [5.41, 5.74) is 1.83. The lowest BCUT2D eigenvalue weighted by atomic mass is 9.76. The summed E-state index contributed by atoms with van der Waals surface area (Å²) in [5.74, 6) is -2.17. The van der Waals surface area contributed by atoms with Crippen LogP contribution in [0.2, 0.25) is 0 Å². The minimum absolute atomic E-state index is 0.0373. The first-order chi connectivity index (χ1) is 15.0. The van der Waals surface area contributed by atoms with Crippen molar-refractivity contribution in [1.29, 1.82) is 0 Å². The summed E-state index contributed by atoms with van der Waals surface area (Å²) in [7, 11) is 0. The summed E-state index contributed by atoms with van der Waals surface area (Å²) in [6, 6.07) is 6.94. The van der Waals surface area contributed by atoms with E-state index < -0.39 is 23.3 Å². The zero-order valence-corrected chi connectivity index (χ0v) is 18.3. The minimum Gasteiger partial charge on any atom is -0.203 e. The molecule has 0 atom stereocenters. The van der Waals surface area contributed by atoms with Crippen LogP contribution in [0.5, 0.6) is 0 Å². The van der Waals surface area contributed by atoms with Gasteiger partial charge in [-0.1, -0.05) is 43.5 Å². The molecule has 2 aliphatic rings. The molecule has 0 amide bonds. The Bertz CT molecular complexity index is 906. The smallest absolute Gasteiger partial charge is 0.162 e. The van der Waals surface area contributed by atoms with Crippen molar-refractivity contribution in [1.82, 2.24) is 0 Å². The SMILES string of the molecule is Cc1ccc(C2CCC(CCc3ccc(C4CCCCC4)c(F)c3F)CC2)c(F)c1F. The van der Waals surface area contributed by atoms with Gasteiger partial charge in [-0.2, -0.15) is 0 Å². The fourth-order valence-electron chi connectivity index (χ4n) is 5.62. The minimum atomic E-state index is -0.742. The molecule has 2 saturated carbocycles. The monoisotopic (exact) mass is 432 g/mol. The van der Waals surface area contributed by atoms with Crippen LogP contribution in [-0.2, 0) is 6.42 Å². The Morgan fingerprint density at radius 2 is 1.23 bits per heavy atom. The molecule has 0 aromatic heterocycles. The van der Waals surface area contributed by atoms with Crippen LogP contribution < -0.4 is 0 Å². The number of hydrogen-bond donors (Lipinski definition) is 0. The first-order valence-electron chi connectivity index (χ1n) is 11.9. The van der Waals surface area contributed by atoms with E-state index in [1.165, 1.54) is 6.42 Å². The predicted molar refractivity (Wildman–Crippen MR) is 116 cm³/mol. The molecule has 0 spiro atoms. The second kappa shape index (κ2) is 9.75. The fraction of sp³-hybridized carbons (Fsp3) is 0.556. The molecule has 4 rings (SSSR count). The van der Waals surface area contributed by atoms with Crippen molar-refractivity contribution in [2.75, 3.05) is 0 Å². The highest BCUT2D eigenvalue weighted by Gasteiger charge is 2.27. The van der Waals surface area contributed by atoms with Gasteiger partial charge in [-0.25, -0.2) is 17.6 Å². The van der Waals surface area contributed by atoms with Crippen molar-refractivity contribution < 1.29 is 17.6 Å². The van der Waals surface area contributed by atoms with Crippen LogP contribution in [0, 0.1) is 36.1 Å². The van der Waals surface area contributed by atoms with Crippen LogP contribution in [0.25, 0.3) is 0 Å². The van der Waals surface area contributed by atoms with Gasteiger partial charge >= 0.3 is 0 Å². The topological polar surface area (TPSA) is 0 Å². The lowest BCUT2D eigenvalue weighted by Gasteiger charge is -2.29. The van der Waals surface area contributed by atoms with Crippen LogP contribution in [0.1, 0.15) is 98.3 Å². The maximum Gasteiger partial charge on any atom is 0.162 e. The summed E-state index contributed by atoms with van der Waals surface area (Å²) in [6.45, 7) is 1.57. The largest absolute Gasteiger partial charge is 0.203 e. The van der Waals surface area contributed by atoms with E-state index in [2.05, 4.69) is 0 Å². The third-order valence-corrected chi connectivity index (χ3v) is 7.65. The van der Waals surface area contributed by atoms with E-state index in [0.717, 1.165) is 57.8 Å². The molecule has 0 aliphatic heterocycles. The highest BCUT2D eigenvalue weighted by molar-refractivity contribution is 5.30. The van der Waals surface area contributed by atoms with Gasteiger partial charge in [-0.3, -0.25) is 0 Å². The summed E-state index contributed by atoms with van der Waals surface area (Å²) >= 11 is 0. The fourth-order valence-corrected chi connectivity index (χ4v) is 5.62. The van der Waals surface area contributed by atoms with E-state index >= 15 is 0 Å². The second-order valence-electron chi connectivity index (χ2n) is 9.63. The molecule has 0 nitrogen and oxygen atoms in total. The molecule has 0 bridgehead atoms. The van der Waals surface area contributed by atoms with Crippen molar-refractivity contribution in [3.63, 3.8) is 0 Å². The zero-order chi connectivity index (χ0) is 22.0. The van der Waals surface area contributed by atoms with Gasteiger partial charge in [-0.05, 0) is 98.3 Å². The van der Waals surface area contributed by atoms with Crippen molar-refractivity contribution in [2.24, 2.45) is 5.92 Å². The predicted octanol–water partition coefficient (Wildman–Crippen LogP) is 8.51. The van der Waals surface area contributed by atoms with Gasteiger partial charge < -0.3 is 0 Å². The molecule has 4 heteroatoms. The Morgan fingerprint density at radius 3 is 1.90 bits per heavy atom. The molecule has 0 radical (unpaired) electrons. The number of halogens is 4. The Labute approximate surface area is 183 Å². The zero-order valence-electron chi connectivity index (χ0n) is 18.3. The highest BCUT2D eigenvalue weighted by atomic mass is 19.2. The molecule has 0 heterocycles. The summed E-state index contributed by atoms with van der Waals surface area (Å²) in [6.07, 6.45) is 10.0. The van der Waals surface area contributed by atoms with Gasteiger partial charge in [0.25, 0.3) is 0 Å². The molecule has 2 fully saturated rings. The van der Waals surface area contributed by atoms with Gasteiger partial charge in [0.05, 0.1) is 0 Å². The maximum atomic E-state index is 14.7. The molecule has 2 aromatic carbocycles. The average molecular weight is 433 g/mol. The van der Waals surface area contributed by atoms with Gasteiger partial charge in [0.15, 0.2) is 23.3 Å². The van der Waals surface area contributed by atoms with Crippen LogP contribution >= 0.6 is 0 Å².